The van der Waals surface area contributed by atoms with Gasteiger partial charge >= 0.3 is 0 Å². The number of hydrogen-bond acceptors (Lipinski definition) is 9. The lowest BCUT2D eigenvalue weighted by molar-refractivity contribution is 0.0115. The molecule has 0 spiro atoms. The molecule has 0 aliphatic carbocycles. The number of morpholine rings is 1. The highest BCUT2D eigenvalue weighted by Gasteiger charge is 2.26. The summed E-state index contributed by atoms with van der Waals surface area (Å²) in [5.74, 6) is 1.12. The molecule has 164 valence electrons. The fourth-order valence-electron chi connectivity index (χ4n) is 4.61. The summed E-state index contributed by atoms with van der Waals surface area (Å²) >= 11 is 0. The van der Waals surface area contributed by atoms with E-state index in [1.54, 1.807) is 13.4 Å². The molecule has 0 bridgehead atoms. The minimum Gasteiger partial charge on any atom is -0.494 e. The Morgan fingerprint density at radius 3 is 2.58 bits per heavy atom. The van der Waals surface area contributed by atoms with Crippen molar-refractivity contribution in [1.29, 1.82) is 0 Å². The monoisotopic (exact) mass is 424 g/mol. The van der Waals surface area contributed by atoms with E-state index in [0.717, 1.165) is 69.4 Å². The van der Waals surface area contributed by atoms with Crippen LogP contribution in [0, 0.1) is 0 Å². The fourth-order valence-corrected chi connectivity index (χ4v) is 4.61. The van der Waals surface area contributed by atoms with Crippen LogP contribution in [0.25, 0.3) is 16.9 Å². The van der Waals surface area contributed by atoms with Gasteiger partial charge in [-0.25, -0.2) is 4.98 Å². The molecule has 2 fully saturated rings. The van der Waals surface area contributed by atoms with E-state index in [1.807, 2.05) is 10.6 Å². The first-order valence-corrected chi connectivity index (χ1v) is 10.6. The van der Waals surface area contributed by atoms with Crippen molar-refractivity contribution < 1.29 is 9.47 Å². The summed E-state index contributed by atoms with van der Waals surface area (Å²) in [6, 6.07) is 6.86. The largest absolute Gasteiger partial charge is 0.494 e. The molecular weight excluding hydrogens is 396 g/mol. The number of hydrogen-bond donors (Lipinski definition) is 2. The first-order valence-electron chi connectivity index (χ1n) is 10.6. The molecule has 0 amide bonds. The van der Waals surface area contributed by atoms with Crippen molar-refractivity contribution in [3.05, 3.63) is 24.5 Å². The lowest BCUT2D eigenvalue weighted by Crippen LogP contribution is -2.49. The Hall–Kier alpha value is -3.11. The maximum atomic E-state index is 5.95. The highest BCUT2D eigenvalue weighted by atomic mass is 16.5. The molecule has 10 heteroatoms. The van der Waals surface area contributed by atoms with E-state index in [2.05, 4.69) is 36.9 Å². The highest BCUT2D eigenvalue weighted by molar-refractivity contribution is 5.84. The van der Waals surface area contributed by atoms with Crippen molar-refractivity contribution in [3.63, 3.8) is 0 Å². The summed E-state index contributed by atoms with van der Waals surface area (Å²) in [4.78, 5) is 17.7. The van der Waals surface area contributed by atoms with Gasteiger partial charge < -0.3 is 25.8 Å². The Morgan fingerprint density at radius 1 is 1.06 bits per heavy atom. The molecule has 0 radical (unpaired) electrons. The van der Waals surface area contributed by atoms with Crippen molar-refractivity contribution in [2.75, 3.05) is 62.9 Å². The van der Waals surface area contributed by atoms with E-state index in [4.69, 9.17) is 20.9 Å². The average Bonchev–Trinajstić information content (AvgIpc) is 3.23. The van der Waals surface area contributed by atoms with Gasteiger partial charge in [-0.2, -0.15) is 9.97 Å². The molecule has 31 heavy (non-hydrogen) atoms. The summed E-state index contributed by atoms with van der Waals surface area (Å²) in [6.45, 7) is 5.85. The normalized spacial score (nSPS) is 18.5. The molecule has 1 aromatic carbocycles. The molecule has 2 aliphatic heterocycles. The number of imidazole rings is 1. The SMILES string of the molecule is COc1cc(N2CCC(N3CCOCC3)CC2)ccc1-n1cnc2c(N)nc(N)nc21. The van der Waals surface area contributed by atoms with Gasteiger partial charge in [0.15, 0.2) is 17.0 Å². The van der Waals surface area contributed by atoms with Crippen LogP contribution < -0.4 is 21.1 Å². The van der Waals surface area contributed by atoms with Crippen LogP contribution in [0.4, 0.5) is 17.5 Å². The predicted molar refractivity (Wildman–Crippen MR) is 120 cm³/mol. The van der Waals surface area contributed by atoms with Gasteiger partial charge in [0.1, 0.15) is 12.1 Å². The predicted octanol–water partition coefficient (Wildman–Crippen LogP) is 1.29. The zero-order valence-corrected chi connectivity index (χ0v) is 17.7. The van der Waals surface area contributed by atoms with Gasteiger partial charge in [0.2, 0.25) is 5.95 Å². The quantitative estimate of drug-likeness (QED) is 0.638. The van der Waals surface area contributed by atoms with E-state index in [-0.39, 0.29) is 11.8 Å². The van der Waals surface area contributed by atoms with Gasteiger partial charge in [-0.15, -0.1) is 0 Å². The van der Waals surface area contributed by atoms with E-state index >= 15 is 0 Å². The van der Waals surface area contributed by atoms with Gasteiger partial charge in [-0.3, -0.25) is 9.47 Å². The molecule has 0 unspecified atom stereocenters. The number of benzene rings is 1. The highest BCUT2D eigenvalue weighted by Crippen LogP contribution is 2.32. The number of ether oxygens (including phenoxy) is 2. The van der Waals surface area contributed by atoms with E-state index < -0.39 is 0 Å². The lowest BCUT2D eigenvalue weighted by Gasteiger charge is -2.40. The number of anilines is 3. The Kier molecular flexibility index (Phi) is 5.24. The summed E-state index contributed by atoms with van der Waals surface area (Å²) in [5, 5.41) is 0. The number of piperidine rings is 1. The third-order valence-corrected chi connectivity index (χ3v) is 6.25. The average molecular weight is 425 g/mol. The Balaban J connectivity index is 1.38. The molecule has 2 saturated heterocycles. The molecule has 0 saturated carbocycles. The number of rotatable bonds is 4. The Labute approximate surface area is 180 Å². The van der Waals surface area contributed by atoms with Crippen molar-refractivity contribution in [2.45, 2.75) is 18.9 Å². The molecule has 2 aliphatic rings. The second kappa shape index (κ2) is 8.20. The number of methoxy groups -OCH3 is 1. The number of nitrogens with zero attached hydrogens (tertiary/aromatic N) is 6. The molecular formula is C21H28N8O2. The molecule has 0 atom stereocenters. The van der Waals surface area contributed by atoms with Gasteiger partial charge in [0.25, 0.3) is 0 Å². The van der Waals surface area contributed by atoms with Gasteiger partial charge in [0, 0.05) is 44.0 Å². The zero-order valence-electron chi connectivity index (χ0n) is 17.7. The van der Waals surface area contributed by atoms with Gasteiger partial charge in [-0.05, 0) is 25.0 Å². The van der Waals surface area contributed by atoms with Crippen LogP contribution in [0.15, 0.2) is 24.5 Å². The summed E-state index contributed by atoms with van der Waals surface area (Å²) in [6.07, 6.45) is 3.98. The second-order valence-electron chi connectivity index (χ2n) is 7.98. The molecule has 5 rings (SSSR count). The lowest BCUT2D eigenvalue weighted by atomic mass is 10.0. The Bertz CT molecular complexity index is 1070. The third-order valence-electron chi connectivity index (χ3n) is 6.25. The van der Waals surface area contributed by atoms with Gasteiger partial charge in [0.05, 0.1) is 26.0 Å². The maximum absolute atomic E-state index is 5.95. The molecule has 4 heterocycles. The maximum Gasteiger partial charge on any atom is 0.224 e. The van der Waals surface area contributed by atoms with E-state index in [0.29, 0.717) is 17.2 Å². The molecule has 10 nitrogen and oxygen atoms in total. The van der Waals surface area contributed by atoms with Crippen LogP contribution in [-0.4, -0.2) is 77.0 Å². The molecule has 2 aromatic heterocycles. The standard InChI is InChI=1S/C21H28N8O2/c1-30-17-12-15(27-6-4-14(5-7-27)28-8-10-31-11-9-28)2-3-16(17)29-13-24-18-19(22)25-21(23)26-20(18)29/h2-3,12-14H,4-11H2,1H3,(H4,22,23,25,26). The Morgan fingerprint density at radius 2 is 1.84 bits per heavy atom. The summed E-state index contributed by atoms with van der Waals surface area (Å²) in [5.41, 5.74) is 14.8. The van der Waals surface area contributed by atoms with Crippen LogP contribution in [0.2, 0.25) is 0 Å². The third kappa shape index (κ3) is 3.72. The molecule has 3 aromatic rings. The minimum atomic E-state index is 0.116. The number of nitrogens with two attached hydrogens (primary N) is 2. The van der Waals surface area contributed by atoms with Crippen LogP contribution in [0.5, 0.6) is 5.75 Å². The fraction of sp³-hybridized carbons (Fsp3) is 0.476. The number of nitrogen functional groups attached to an aromatic ring is 2. The first kappa shape index (κ1) is 19.8. The van der Waals surface area contributed by atoms with E-state index in [1.165, 1.54) is 0 Å². The summed E-state index contributed by atoms with van der Waals surface area (Å²) < 4.78 is 13.0. The van der Waals surface area contributed by atoms with Crippen molar-refractivity contribution >= 4 is 28.6 Å². The minimum absolute atomic E-state index is 0.116. The van der Waals surface area contributed by atoms with Crippen LogP contribution in [-0.2, 0) is 4.74 Å². The first-order chi connectivity index (χ1) is 15.1. The van der Waals surface area contributed by atoms with Crippen molar-refractivity contribution in [2.24, 2.45) is 0 Å². The van der Waals surface area contributed by atoms with Gasteiger partial charge in [-0.1, -0.05) is 0 Å². The van der Waals surface area contributed by atoms with Crippen LogP contribution >= 0.6 is 0 Å². The van der Waals surface area contributed by atoms with E-state index in [9.17, 15) is 0 Å². The van der Waals surface area contributed by atoms with Crippen LogP contribution in [0.3, 0.4) is 0 Å². The zero-order chi connectivity index (χ0) is 21.4. The molecule has 4 N–H and O–H groups in total. The number of aromatic nitrogens is 4. The van der Waals surface area contributed by atoms with Crippen molar-refractivity contribution in [1.82, 2.24) is 24.4 Å². The summed E-state index contributed by atoms with van der Waals surface area (Å²) in [7, 11) is 1.67. The van der Waals surface area contributed by atoms with Crippen molar-refractivity contribution in [3.8, 4) is 11.4 Å². The second-order valence-corrected chi connectivity index (χ2v) is 7.98. The number of fused-ring (bicyclic) bond motifs is 1. The smallest absolute Gasteiger partial charge is 0.224 e. The topological polar surface area (TPSA) is 121 Å². The van der Waals surface area contributed by atoms with Crippen LogP contribution in [0.1, 0.15) is 12.8 Å².